The molecule has 1 amide bonds. The van der Waals surface area contributed by atoms with Crippen LogP contribution in [0.15, 0.2) is 18.2 Å². The highest BCUT2D eigenvalue weighted by molar-refractivity contribution is 6.35. The molecule has 5 heteroatoms. The highest BCUT2D eigenvalue weighted by Gasteiger charge is 2.31. The largest absolute Gasteiger partial charge is 0.333 e. The Labute approximate surface area is 130 Å². The molecule has 2 atom stereocenters. The fraction of sp³-hybridized carbons (Fsp3) is 0.533. The Kier molecular flexibility index (Phi) is 5.30. The van der Waals surface area contributed by atoms with Crippen molar-refractivity contribution in [1.82, 2.24) is 10.2 Å². The van der Waals surface area contributed by atoms with Crippen molar-refractivity contribution in [2.75, 3.05) is 13.1 Å². The van der Waals surface area contributed by atoms with Crippen LogP contribution in [0.25, 0.3) is 0 Å². The van der Waals surface area contributed by atoms with Gasteiger partial charge >= 0.3 is 0 Å². The number of nitrogens with one attached hydrogen (secondary N) is 1. The molecule has 2 rings (SSSR count). The molecule has 1 aliphatic rings. The lowest BCUT2D eigenvalue weighted by molar-refractivity contribution is 0.0576. The Hall–Kier alpha value is -0.770. The molecule has 110 valence electrons. The van der Waals surface area contributed by atoms with Gasteiger partial charge in [0, 0.05) is 30.2 Å². The van der Waals surface area contributed by atoms with E-state index in [0.717, 1.165) is 25.9 Å². The number of carbonyl (C=O) groups excluding carboxylic acids is 1. The zero-order valence-electron chi connectivity index (χ0n) is 11.8. The molecule has 1 aromatic carbocycles. The van der Waals surface area contributed by atoms with Crippen LogP contribution in [0.5, 0.6) is 0 Å². The first-order valence-corrected chi connectivity index (χ1v) is 7.81. The fourth-order valence-electron chi connectivity index (χ4n) is 2.57. The summed E-state index contributed by atoms with van der Waals surface area (Å²) in [6.07, 6.45) is 1.93. The van der Waals surface area contributed by atoms with Crippen molar-refractivity contribution in [3.8, 4) is 0 Å². The summed E-state index contributed by atoms with van der Waals surface area (Å²) >= 11 is 12.1. The van der Waals surface area contributed by atoms with Gasteiger partial charge in [-0.25, -0.2) is 0 Å². The van der Waals surface area contributed by atoms with Gasteiger partial charge in [-0.15, -0.1) is 0 Å². The maximum atomic E-state index is 12.8. The van der Waals surface area contributed by atoms with Gasteiger partial charge in [0.2, 0.25) is 0 Å². The average molecular weight is 315 g/mol. The van der Waals surface area contributed by atoms with E-state index in [2.05, 4.69) is 19.2 Å². The predicted molar refractivity (Wildman–Crippen MR) is 83.7 cm³/mol. The number of amides is 1. The van der Waals surface area contributed by atoms with Crippen LogP contribution in [0.2, 0.25) is 10.0 Å². The van der Waals surface area contributed by atoms with Crippen molar-refractivity contribution in [1.29, 1.82) is 0 Å². The molecule has 1 aliphatic heterocycles. The second-order valence-electron chi connectivity index (χ2n) is 5.16. The van der Waals surface area contributed by atoms with E-state index in [1.54, 1.807) is 18.2 Å². The number of hydrogen-bond acceptors (Lipinski definition) is 2. The molecule has 3 nitrogen and oxygen atoms in total. The van der Waals surface area contributed by atoms with Gasteiger partial charge in [0.1, 0.15) is 0 Å². The molecule has 0 spiro atoms. The Morgan fingerprint density at radius 3 is 2.75 bits per heavy atom. The van der Waals surface area contributed by atoms with Crippen molar-refractivity contribution < 1.29 is 4.79 Å². The molecule has 0 saturated carbocycles. The minimum absolute atomic E-state index is 0.0238. The van der Waals surface area contributed by atoms with E-state index in [0.29, 0.717) is 21.7 Å². The van der Waals surface area contributed by atoms with Gasteiger partial charge in [0.05, 0.1) is 10.6 Å². The van der Waals surface area contributed by atoms with E-state index in [4.69, 9.17) is 23.2 Å². The smallest absolute Gasteiger partial charge is 0.255 e. The van der Waals surface area contributed by atoms with Gasteiger partial charge in [-0.2, -0.15) is 0 Å². The van der Waals surface area contributed by atoms with Crippen molar-refractivity contribution in [3.05, 3.63) is 33.8 Å². The molecule has 1 fully saturated rings. The van der Waals surface area contributed by atoms with Crippen molar-refractivity contribution in [2.24, 2.45) is 0 Å². The van der Waals surface area contributed by atoms with Crippen molar-refractivity contribution in [2.45, 2.75) is 38.8 Å². The van der Waals surface area contributed by atoms with Gasteiger partial charge in [-0.3, -0.25) is 4.79 Å². The van der Waals surface area contributed by atoms with Crippen molar-refractivity contribution in [3.63, 3.8) is 0 Å². The Bertz CT molecular complexity index is 493. The fourth-order valence-corrected chi connectivity index (χ4v) is 2.94. The third-order valence-electron chi connectivity index (χ3n) is 3.88. The van der Waals surface area contributed by atoms with Crippen LogP contribution < -0.4 is 5.32 Å². The van der Waals surface area contributed by atoms with Crippen LogP contribution in [-0.2, 0) is 0 Å². The second kappa shape index (κ2) is 6.79. The highest BCUT2D eigenvalue weighted by Crippen LogP contribution is 2.24. The molecule has 0 bridgehead atoms. The lowest BCUT2D eigenvalue weighted by atomic mass is 10.0. The molecule has 2 unspecified atom stereocenters. The van der Waals surface area contributed by atoms with E-state index < -0.39 is 0 Å². The first kappa shape index (κ1) is 15.6. The minimum atomic E-state index is -0.0238. The van der Waals surface area contributed by atoms with Crippen molar-refractivity contribution >= 4 is 29.1 Å². The SMILES string of the molecule is CCC1CN(C(=O)c2cc(Cl)ccc2Cl)C(CC)CN1. The topological polar surface area (TPSA) is 32.3 Å². The first-order chi connectivity index (χ1) is 9.56. The summed E-state index contributed by atoms with van der Waals surface area (Å²) in [7, 11) is 0. The Morgan fingerprint density at radius 2 is 2.10 bits per heavy atom. The first-order valence-electron chi connectivity index (χ1n) is 7.06. The number of piperazine rings is 1. The quantitative estimate of drug-likeness (QED) is 0.924. The predicted octanol–water partition coefficient (Wildman–Crippen LogP) is 3.60. The number of benzene rings is 1. The molecule has 1 saturated heterocycles. The Morgan fingerprint density at radius 1 is 1.35 bits per heavy atom. The maximum Gasteiger partial charge on any atom is 0.255 e. The summed E-state index contributed by atoms with van der Waals surface area (Å²) in [5, 5.41) is 4.47. The molecular formula is C15H20Cl2N2O. The Balaban J connectivity index is 2.26. The molecule has 0 radical (unpaired) electrons. The number of rotatable bonds is 3. The van der Waals surface area contributed by atoms with E-state index >= 15 is 0 Å². The number of nitrogens with zero attached hydrogens (tertiary/aromatic N) is 1. The number of carbonyl (C=O) groups is 1. The van der Waals surface area contributed by atoms with E-state index in [9.17, 15) is 4.79 Å². The number of hydrogen-bond donors (Lipinski definition) is 1. The monoisotopic (exact) mass is 314 g/mol. The molecule has 20 heavy (non-hydrogen) atoms. The maximum absolute atomic E-state index is 12.8. The molecule has 1 aromatic rings. The van der Waals surface area contributed by atoms with E-state index in [-0.39, 0.29) is 11.9 Å². The third kappa shape index (κ3) is 3.27. The summed E-state index contributed by atoms with van der Waals surface area (Å²) in [6.45, 7) is 5.77. The minimum Gasteiger partial charge on any atom is -0.333 e. The zero-order valence-corrected chi connectivity index (χ0v) is 13.3. The van der Waals surface area contributed by atoms with Crippen LogP contribution in [0.3, 0.4) is 0 Å². The van der Waals surface area contributed by atoms with Crippen LogP contribution in [0.1, 0.15) is 37.0 Å². The summed E-state index contributed by atoms with van der Waals surface area (Å²) in [4.78, 5) is 14.7. The van der Waals surface area contributed by atoms with Crippen LogP contribution >= 0.6 is 23.2 Å². The van der Waals surface area contributed by atoms with Crippen LogP contribution in [0, 0.1) is 0 Å². The van der Waals surface area contributed by atoms with Gasteiger partial charge in [0.15, 0.2) is 0 Å². The van der Waals surface area contributed by atoms with Gasteiger partial charge in [-0.05, 0) is 31.0 Å². The van der Waals surface area contributed by atoms with Gasteiger partial charge in [-0.1, -0.05) is 37.0 Å². The molecule has 1 N–H and O–H groups in total. The second-order valence-corrected chi connectivity index (χ2v) is 6.00. The molecule has 1 heterocycles. The lowest BCUT2D eigenvalue weighted by Crippen LogP contribution is -2.57. The third-order valence-corrected chi connectivity index (χ3v) is 4.45. The zero-order chi connectivity index (χ0) is 14.7. The average Bonchev–Trinajstić information content (AvgIpc) is 2.48. The van der Waals surface area contributed by atoms with Gasteiger partial charge in [0.25, 0.3) is 5.91 Å². The van der Waals surface area contributed by atoms with Gasteiger partial charge < -0.3 is 10.2 Å². The van der Waals surface area contributed by atoms with E-state index in [1.165, 1.54) is 0 Å². The summed E-state index contributed by atoms with van der Waals surface area (Å²) in [6, 6.07) is 5.59. The molecular weight excluding hydrogens is 295 g/mol. The summed E-state index contributed by atoms with van der Waals surface area (Å²) in [5.41, 5.74) is 0.495. The van der Waals surface area contributed by atoms with Crippen LogP contribution in [-0.4, -0.2) is 36.0 Å². The normalized spacial score (nSPS) is 22.9. The lowest BCUT2D eigenvalue weighted by Gasteiger charge is -2.40. The van der Waals surface area contributed by atoms with E-state index in [1.807, 2.05) is 4.90 Å². The standard InChI is InChI=1S/C15H20Cl2N2O/c1-3-11-9-19(12(4-2)8-18-11)15(20)13-7-10(16)5-6-14(13)17/h5-7,11-12,18H,3-4,8-9H2,1-2H3. The molecule has 0 aromatic heterocycles. The summed E-state index contributed by atoms with van der Waals surface area (Å²) in [5.74, 6) is -0.0238. The number of halogens is 2. The van der Waals surface area contributed by atoms with Crippen LogP contribution in [0.4, 0.5) is 0 Å². The summed E-state index contributed by atoms with van der Waals surface area (Å²) < 4.78 is 0. The highest BCUT2D eigenvalue weighted by atomic mass is 35.5. The molecule has 0 aliphatic carbocycles.